The van der Waals surface area contributed by atoms with Crippen LogP contribution in [-0.2, 0) is 4.79 Å². The topological polar surface area (TPSA) is 61.4 Å². The summed E-state index contributed by atoms with van der Waals surface area (Å²) in [4.78, 5) is 24.2. The highest BCUT2D eigenvalue weighted by Crippen LogP contribution is 2.23. The lowest BCUT2D eigenvalue weighted by Crippen LogP contribution is -2.48. The van der Waals surface area contributed by atoms with E-state index in [1.165, 1.54) is 11.1 Å². The molecule has 0 radical (unpaired) electrons. The zero-order chi connectivity index (χ0) is 17.1. The first-order chi connectivity index (χ1) is 11.5. The third-order valence-electron chi connectivity index (χ3n) is 4.36. The van der Waals surface area contributed by atoms with Gasteiger partial charge in [-0.05, 0) is 31.0 Å². The van der Waals surface area contributed by atoms with E-state index in [0.29, 0.717) is 0 Å². The lowest BCUT2D eigenvalue weighted by molar-refractivity contribution is -0.129. The molecule has 1 N–H and O–H groups in total. The standard InChI is InChI=1S/C18H23N5O/c1-13-4-5-14(2)16(10-13)21-17-11-18(20-12-19-17)23-8-6-22(7-9-23)15(3)24/h4-5,10-12H,6-9H2,1-3H3,(H,19,20,21). The van der Waals surface area contributed by atoms with Crippen LogP contribution in [0.4, 0.5) is 17.3 Å². The molecule has 6 heteroatoms. The fourth-order valence-corrected chi connectivity index (χ4v) is 2.85. The molecule has 126 valence electrons. The Morgan fingerprint density at radius 2 is 1.83 bits per heavy atom. The van der Waals surface area contributed by atoms with E-state index >= 15 is 0 Å². The van der Waals surface area contributed by atoms with Crippen molar-refractivity contribution < 1.29 is 4.79 Å². The number of anilines is 3. The van der Waals surface area contributed by atoms with Gasteiger partial charge in [-0.25, -0.2) is 9.97 Å². The molecule has 3 rings (SSSR count). The van der Waals surface area contributed by atoms with Crippen molar-refractivity contribution in [2.75, 3.05) is 36.4 Å². The van der Waals surface area contributed by atoms with Crippen LogP contribution >= 0.6 is 0 Å². The lowest BCUT2D eigenvalue weighted by Gasteiger charge is -2.34. The maximum Gasteiger partial charge on any atom is 0.219 e. The SMILES string of the molecule is CC(=O)N1CCN(c2cc(Nc3cc(C)ccc3C)ncn2)CC1. The zero-order valence-electron chi connectivity index (χ0n) is 14.4. The molecule has 2 heterocycles. The van der Waals surface area contributed by atoms with Gasteiger partial charge in [-0.2, -0.15) is 0 Å². The Morgan fingerprint density at radius 1 is 1.08 bits per heavy atom. The van der Waals surface area contributed by atoms with Crippen LogP contribution in [-0.4, -0.2) is 47.0 Å². The van der Waals surface area contributed by atoms with Gasteiger partial charge in [0.1, 0.15) is 18.0 Å². The Balaban J connectivity index is 1.73. The molecular formula is C18H23N5O. The summed E-state index contributed by atoms with van der Waals surface area (Å²) < 4.78 is 0. The number of benzene rings is 1. The first kappa shape index (κ1) is 16.2. The van der Waals surface area contributed by atoms with Gasteiger partial charge in [-0.15, -0.1) is 0 Å². The van der Waals surface area contributed by atoms with Gasteiger partial charge in [-0.3, -0.25) is 4.79 Å². The van der Waals surface area contributed by atoms with E-state index in [-0.39, 0.29) is 5.91 Å². The van der Waals surface area contributed by atoms with E-state index in [0.717, 1.165) is 43.5 Å². The maximum absolute atomic E-state index is 11.4. The second kappa shape index (κ2) is 6.86. The van der Waals surface area contributed by atoms with Crippen LogP contribution < -0.4 is 10.2 Å². The molecule has 6 nitrogen and oxygen atoms in total. The van der Waals surface area contributed by atoms with Crippen molar-refractivity contribution in [1.29, 1.82) is 0 Å². The van der Waals surface area contributed by atoms with Crippen molar-refractivity contribution in [3.8, 4) is 0 Å². The van der Waals surface area contributed by atoms with Crippen LogP contribution in [0.2, 0.25) is 0 Å². The Morgan fingerprint density at radius 3 is 2.54 bits per heavy atom. The summed E-state index contributed by atoms with van der Waals surface area (Å²) in [5.74, 6) is 1.80. The zero-order valence-corrected chi connectivity index (χ0v) is 14.4. The molecule has 1 aliphatic heterocycles. The number of amides is 1. The van der Waals surface area contributed by atoms with E-state index in [4.69, 9.17) is 0 Å². The Hall–Kier alpha value is -2.63. The number of aryl methyl sites for hydroxylation is 2. The number of nitrogens with one attached hydrogen (secondary N) is 1. The molecule has 0 unspecified atom stereocenters. The molecule has 1 aromatic carbocycles. The summed E-state index contributed by atoms with van der Waals surface area (Å²) in [5, 5.41) is 3.38. The van der Waals surface area contributed by atoms with Crippen molar-refractivity contribution in [3.05, 3.63) is 41.7 Å². The molecule has 0 atom stereocenters. The van der Waals surface area contributed by atoms with Crippen molar-refractivity contribution in [2.24, 2.45) is 0 Å². The number of hydrogen-bond donors (Lipinski definition) is 1. The molecule has 1 aromatic heterocycles. The summed E-state index contributed by atoms with van der Waals surface area (Å²) in [5.41, 5.74) is 3.44. The quantitative estimate of drug-likeness (QED) is 0.939. The number of hydrogen-bond acceptors (Lipinski definition) is 5. The molecule has 0 saturated carbocycles. The summed E-state index contributed by atoms with van der Waals surface area (Å²) in [7, 11) is 0. The Kier molecular flexibility index (Phi) is 4.64. The molecule has 0 aliphatic carbocycles. The highest BCUT2D eigenvalue weighted by molar-refractivity contribution is 5.73. The molecule has 2 aromatic rings. The summed E-state index contributed by atoms with van der Waals surface area (Å²) in [6, 6.07) is 8.27. The van der Waals surface area contributed by atoms with E-state index in [2.05, 4.69) is 52.2 Å². The monoisotopic (exact) mass is 325 g/mol. The van der Waals surface area contributed by atoms with E-state index < -0.39 is 0 Å². The fourth-order valence-electron chi connectivity index (χ4n) is 2.85. The van der Waals surface area contributed by atoms with Crippen LogP contribution in [0, 0.1) is 13.8 Å². The number of piperazine rings is 1. The molecular weight excluding hydrogens is 302 g/mol. The van der Waals surface area contributed by atoms with Gasteiger partial charge in [0.15, 0.2) is 0 Å². The Bertz CT molecular complexity index is 738. The number of rotatable bonds is 3. The largest absolute Gasteiger partial charge is 0.353 e. The minimum Gasteiger partial charge on any atom is -0.353 e. The van der Waals surface area contributed by atoms with E-state index in [1.54, 1.807) is 13.3 Å². The van der Waals surface area contributed by atoms with Gasteiger partial charge in [0.25, 0.3) is 0 Å². The van der Waals surface area contributed by atoms with Gasteiger partial charge in [0, 0.05) is 44.9 Å². The second-order valence-corrected chi connectivity index (χ2v) is 6.20. The third-order valence-corrected chi connectivity index (χ3v) is 4.36. The van der Waals surface area contributed by atoms with Crippen molar-refractivity contribution in [2.45, 2.75) is 20.8 Å². The van der Waals surface area contributed by atoms with Crippen molar-refractivity contribution >= 4 is 23.2 Å². The molecule has 0 bridgehead atoms. The van der Waals surface area contributed by atoms with Crippen molar-refractivity contribution in [3.63, 3.8) is 0 Å². The first-order valence-corrected chi connectivity index (χ1v) is 8.20. The predicted molar refractivity (Wildman–Crippen MR) is 95.7 cm³/mol. The smallest absolute Gasteiger partial charge is 0.219 e. The fraction of sp³-hybridized carbons (Fsp3) is 0.389. The molecule has 1 saturated heterocycles. The van der Waals surface area contributed by atoms with E-state index in [9.17, 15) is 4.79 Å². The number of carbonyl (C=O) groups is 1. The average molecular weight is 325 g/mol. The lowest BCUT2D eigenvalue weighted by atomic mass is 10.1. The third kappa shape index (κ3) is 3.64. The van der Waals surface area contributed by atoms with Crippen LogP contribution in [0.25, 0.3) is 0 Å². The molecule has 0 spiro atoms. The minimum absolute atomic E-state index is 0.134. The average Bonchev–Trinajstić information content (AvgIpc) is 2.58. The van der Waals surface area contributed by atoms with Gasteiger partial charge >= 0.3 is 0 Å². The van der Waals surface area contributed by atoms with Gasteiger partial charge in [0.2, 0.25) is 5.91 Å². The Labute approximate surface area is 142 Å². The summed E-state index contributed by atoms with van der Waals surface area (Å²) in [6.45, 7) is 8.82. The summed E-state index contributed by atoms with van der Waals surface area (Å²) in [6.07, 6.45) is 1.58. The molecule has 1 fully saturated rings. The molecule has 24 heavy (non-hydrogen) atoms. The number of carbonyl (C=O) groups excluding carboxylic acids is 1. The van der Waals surface area contributed by atoms with Gasteiger partial charge < -0.3 is 15.1 Å². The van der Waals surface area contributed by atoms with Crippen LogP contribution in [0.5, 0.6) is 0 Å². The highest BCUT2D eigenvalue weighted by atomic mass is 16.2. The normalized spacial score (nSPS) is 14.6. The van der Waals surface area contributed by atoms with E-state index in [1.807, 2.05) is 11.0 Å². The van der Waals surface area contributed by atoms with Crippen LogP contribution in [0.3, 0.4) is 0 Å². The first-order valence-electron chi connectivity index (χ1n) is 8.20. The predicted octanol–water partition coefficient (Wildman–Crippen LogP) is 2.51. The molecule has 1 amide bonds. The second-order valence-electron chi connectivity index (χ2n) is 6.20. The molecule has 1 aliphatic rings. The minimum atomic E-state index is 0.134. The van der Waals surface area contributed by atoms with Crippen LogP contribution in [0.15, 0.2) is 30.6 Å². The number of nitrogens with zero attached hydrogens (tertiary/aromatic N) is 4. The van der Waals surface area contributed by atoms with Crippen LogP contribution in [0.1, 0.15) is 18.1 Å². The highest BCUT2D eigenvalue weighted by Gasteiger charge is 2.19. The summed E-state index contributed by atoms with van der Waals surface area (Å²) >= 11 is 0. The van der Waals surface area contributed by atoms with Gasteiger partial charge in [-0.1, -0.05) is 12.1 Å². The number of aromatic nitrogens is 2. The van der Waals surface area contributed by atoms with Gasteiger partial charge in [0.05, 0.1) is 0 Å². The van der Waals surface area contributed by atoms with Crippen molar-refractivity contribution in [1.82, 2.24) is 14.9 Å². The maximum atomic E-state index is 11.4.